The molecule has 7 nitrogen and oxygen atoms in total. The van der Waals surface area contributed by atoms with Crippen LogP contribution in [0.25, 0.3) is 0 Å². The molecule has 0 aliphatic carbocycles. The van der Waals surface area contributed by atoms with E-state index in [1.165, 1.54) is 22.7 Å². The first-order chi connectivity index (χ1) is 13.0. The molecule has 0 aliphatic heterocycles. The molecule has 0 spiro atoms. The van der Waals surface area contributed by atoms with Crippen LogP contribution in [0, 0.1) is 0 Å². The second kappa shape index (κ2) is 8.83. The maximum absolute atomic E-state index is 12.3. The minimum atomic E-state index is -0.373. The number of hydrogen-bond acceptors (Lipinski definition) is 7. The van der Waals surface area contributed by atoms with Gasteiger partial charge < -0.3 is 5.32 Å². The molecule has 0 radical (unpaired) electrons. The molecule has 2 N–H and O–H groups in total. The van der Waals surface area contributed by atoms with E-state index >= 15 is 0 Å². The highest BCUT2D eigenvalue weighted by Crippen LogP contribution is 2.23. The lowest BCUT2D eigenvalue weighted by Crippen LogP contribution is -2.14. The van der Waals surface area contributed by atoms with E-state index in [9.17, 15) is 9.59 Å². The Balaban J connectivity index is 1.52. The number of nitrogens with one attached hydrogen (secondary N) is 2. The number of anilines is 2. The van der Waals surface area contributed by atoms with Crippen molar-refractivity contribution >= 4 is 44.8 Å². The van der Waals surface area contributed by atoms with E-state index in [1.54, 1.807) is 5.38 Å². The van der Waals surface area contributed by atoms with Crippen molar-refractivity contribution < 1.29 is 9.59 Å². The number of aryl methyl sites for hydroxylation is 1. The predicted molar refractivity (Wildman–Crippen MR) is 107 cm³/mol. The van der Waals surface area contributed by atoms with Crippen LogP contribution < -0.4 is 10.6 Å². The van der Waals surface area contributed by atoms with Crippen LogP contribution in [0.1, 0.15) is 47.2 Å². The van der Waals surface area contributed by atoms with Crippen LogP contribution in [0.4, 0.5) is 10.3 Å². The van der Waals surface area contributed by atoms with Crippen molar-refractivity contribution in [1.82, 2.24) is 15.2 Å². The molecule has 3 aromatic rings. The average molecular weight is 402 g/mol. The van der Waals surface area contributed by atoms with E-state index in [4.69, 9.17) is 0 Å². The Kier molecular flexibility index (Phi) is 6.25. The topological polar surface area (TPSA) is 96.9 Å². The molecule has 2 aromatic heterocycles. The molecule has 0 saturated heterocycles. The molecule has 0 fully saturated rings. The molecule has 140 valence electrons. The lowest BCUT2D eigenvalue weighted by molar-refractivity contribution is -0.116. The third-order valence-electron chi connectivity index (χ3n) is 3.62. The number of carbonyl (C=O) groups excluding carboxylic acids is 2. The zero-order valence-electron chi connectivity index (χ0n) is 14.9. The van der Waals surface area contributed by atoms with Crippen LogP contribution in [0.15, 0.2) is 35.7 Å². The Bertz CT molecular complexity index is 921. The second-order valence-corrected chi connectivity index (χ2v) is 7.99. The van der Waals surface area contributed by atoms with Gasteiger partial charge in [0.15, 0.2) is 5.13 Å². The number of amides is 2. The fourth-order valence-corrected chi connectivity index (χ4v) is 3.65. The van der Waals surface area contributed by atoms with Crippen molar-refractivity contribution in [1.29, 1.82) is 0 Å². The average Bonchev–Trinajstić information content (AvgIpc) is 3.30. The van der Waals surface area contributed by atoms with Gasteiger partial charge >= 0.3 is 0 Å². The number of benzene rings is 1. The van der Waals surface area contributed by atoms with E-state index in [2.05, 4.69) is 25.8 Å². The van der Waals surface area contributed by atoms with Crippen LogP contribution in [-0.2, 0) is 11.2 Å². The fourth-order valence-electron chi connectivity index (χ4n) is 2.20. The minimum Gasteiger partial charge on any atom is -0.302 e. The molecule has 1 aromatic carbocycles. The molecular formula is C18H19N5O2S2. The van der Waals surface area contributed by atoms with Gasteiger partial charge in [-0.1, -0.05) is 55.5 Å². The van der Waals surface area contributed by atoms with Crippen molar-refractivity contribution in [3.63, 3.8) is 0 Å². The highest BCUT2D eigenvalue weighted by Gasteiger charge is 2.15. The van der Waals surface area contributed by atoms with Crippen molar-refractivity contribution in [2.45, 2.75) is 32.6 Å². The van der Waals surface area contributed by atoms with E-state index < -0.39 is 0 Å². The zero-order valence-corrected chi connectivity index (χ0v) is 16.6. The van der Waals surface area contributed by atoms with Crippen molar-refractivity contribution in [2.24, 2.45) is 0 Å². The Labute approximate surface area is 164 Å². The molecule has 0 bridgehead atoms. The summed E-state index contributed by atoms with van der Waals surface area (Å²) in [6.45, 7) is 4.03. The number of aromatic nitrogens is 3. The van der Waals surface area contributed by atoms with Crippen LogP contribution in [0.3, 0.4) is 0 Å². The number of rotatable bonds is 7. The first-order valence-electron chi connectivity index (χ1n) is 8.45. The summed E-state index contributed by atoms with van der Waals surface area (Å²) >= 11 is 2.55. The lowest BCUT2D eigenvalue weighted by Gasteiger charge is -2.02. The van der Waals surface area contributed by atoms with Crippen LogP contribution in [-0.4, -0.2) is 27.0 Å². The summed E-state index contributed by atoms with van der Waals surface area (Å²) in [4.78, 5) is 28.5. The molecule has 0 atom stereocenters. The van der Waals surface area contributed by atoms with Crippen LogP contribution in [0.2, 0.25) is 0 Å². The summed E-state index contributed by atoms with van der Waals surface area (Å²) in [5.74, 6) is -0.251. The van der Waals surface area contributed by atoms with Gasteiger partial charge in [0, 0.05) is 17.7 Å². The molecule has 0 saturated carbocycles. The Morgan fingerprint density at radius 2 is 1.85 bits per heavy atom. The highest BCUT2D eigenvalue weighted by atomic mass is 32.1. The predicted octanol–water partition coefficient (Wildman–Crippen LogP) is 3.94. The maximum Gasteiger partial charge on any atom is 0.277 e. The molecule has 2 heterocycles. The number of nitrogens with zero attached hydrogens (tertiary/aromatic N) is 3. The molecule has 3 rings (SSSR count). The van der Waals surface area contributed by atoms with E-state index in [-0.39, 0.29) is 23.4 Å². The molecule has 2 amide bonds. The van der Waals surface area contributed by atoms with Crippen LogP contribution in [0.5, 0.6) is 0 Å². The Morgan fingerprint density at radius 1 is 1.07 bits per heavy atom. The standard InChI is InChI=1S/C18H19N5O2S2/c1-11(2)16-22-23-18(27-16)21-15(25)13-10-26-17(19-13)20-14(24)9-8-12-6-4-3-5-7-12/h3-7,10-11H,8-9H2,1-2H3,(H,19,20,24)(H,21,23,25). The van der Waals surface area contributed by atoms with Crippen molar-refractivity contribution in [2.75, 3.05) is 10.6 Å². The first kappa shape index (κ1) is 19.1. The quantitative estimate of drug-likeness (QED) is 0.625. The maximum atomic E-state index is 12.3. The highest BCUT2D eigenvalue weighted by molar-refractivity contribution is 7.15. The van der Waals surface area contributed by atoms with Gasteiger partial charge in [0.2, 0.25) is 11.0 Å². The molecule has 0 unspecified atom stereocenters. The molecule has 0 aliphatic rings. The van der Waals surface area contributed by atoms with E-state index in [1.807, 2.05) is 44.2 Å². The second-order valence-electron chi connectivity index (χ2n) is 6.13. The van der Waals surface area contributed by atoms with Crippen molar-refractivity contribution in [3.8, 4) is 0 Å². The third kappa shape index (κ3) is 5.41. The fraction of sp³-hybridized carbons (Fsp3) is 0.278. The summed E-state index contributed by atoms with van der Waals surface area (Å²) in [7, 11) is 0. The summed E-state index contributed by atoms with van der Waals surface area (Å²) in [6, 6.07) is 9.80. The van der Waals surface area contributed by atoms with Crippen molar-refractivity contribution in [3.05, 3.63) is 52.0 Å². The van der Waals surface area contributed by atoms with Gasteiger partial charge in [-0.3, -0.25) is 14.9 Å². The number of thiazole rings is 1. The first-order valence-corrected chi connectivity index (χ1v) is 10.1. The van der Waals surface area contributed by atoms with Gasteiger partial charge in [-0.15, -0.1) is 21.5 Å². The third-order valence-corrected chi connectivity index (χ3v) is 5.52. The summed E-state index contributed by atoms with van der Waals surface area (Å²) in [6.07, 6.45) is 1.01. The number of hydrogen-bond donors (Lipinski definition) is 2. The van der Waals surface area contributed by atoms with Gasteiger partial charge in [0.1, 0.15) is 10.7 Å². The lowest BCUT2D eigenvalue weighted by atomic mass is 10.1. The van der Waals surface area contributed by atoms with Gasteiger partial charge in [-0.2, -0.15) is 0 Å². The molecule has 9 heteroatoms. The number of carbonyl (C=O) groups is 2. The zero-order chi connectivity index (χ0) is 19.2. The monoisotopic (exact) mass is 401 g/mol. The van der Waals surface area contributed by atoms with E-state index in [0.29, 0.717) is 23.1 Å². The summed E-state index contributed by atoms with van der Waals surface area (Å²) in [5, 5.41) is 16.7. The SMILES string of the molecule is CC(C)c1nnc(NC(=O)c2csc(NC(=O)CCc3ccccc3)n2)s1. The summed E-state index contributed by atoms with van der Waals surface area (Å²) in [5.41, 5.74) is 1.34. The van der Waals surface area contributed by atoms with Crippen LogP contribution >= 0.6 is 22.7 Å². The Hall–Kier alpha value is -2.65. The largest absolute Gasteiger partial charge is 0.302 e. The normalized spacial score (nSPS) is 10.8. The Morgan fingerprint density at radius 3 is 2.56 bits per heavy atom. The van der Waals surface area contributed by atoms with Gasteiger partial charge in [0.25, 0.3) is 5.91 Å². The minimum absolute atomic E-state index is 0.133. The summed E-state index contributed by atoms with van der Waals surface area (Å²) < 4.78 is 0. The van der Waals surface area contributed by atoms with Gasteiger partial charge in [-0.25, -0.2) is 4.98 Å². The van der Waals surface area contributed by atoms with Gasteiger partial charge in [-0.05, 0) is 12.0 Å². The molecule has 27 heavy (non-hydrogen) atoms. The molecular weight excluding hydrogens is 382 g/mol. The van der Waals surface area contributed by atoms with Gasteiger partial charge in [0.05, 0.1) is 0 Å². The smallest absolute Gasteiger partial charge is 0.277 e. The van der Waals surface area contributed by atoms with E-state index in [0.717, 1.165) is 10.6 Å².